The van der Waals surface area contributed by atoms with Crippen LogP contribution < -0.4 is 5.32 Å². The SMILES string of the molecule is COCCNCc1nc(C2CCCCC2)n[nH]1. The van der Waals surface area contributed by atoms with Crippen molar-refractivity contribution in [1.29, 1.82) is 0 Å². The highest BCUT2D eigenvalue weighted by molar-refractivity contribution is 4.98. The summed E-state index contributed by atoms with van der Waals surface area (Å²) in [5.74, 6) is 2.52. The van der Waals surface area contributed by atoms with E-state index in [-0.39, 0.29) is 0 Å². The molecular formula is C12H22N4O. The third-order valence-corrected chi connectivity index (χ3v) is 3.29. The summed E-state index contributed by atoms with van der Waals surface area (Å²) in [6.07, 6.45) is 6.50. The fourth-order valence-corrected chi connectivity index (χ4v) is 2.31. The number of hydrogen-bond donors (Lipinski definition) is 2. The maximum absolute atomic E-state index is 4.97. The number of ether oxygens (including phenoxy) is 1. The maximum atomic E-state index is 4.97. The van der Waals surface area contributed by atoms with Crippen molar-refractivity contribution in [3.05, 3.63) is 11.6 Å². The van der Waals surface area contributed by atoms with Gasteiger partial charge in [0.15, 0.2) is 5.82 Å². The third-order valence-electron chi connectivity index (χ3n) is 3.29. The zero-order chi connectivity index (χ0) is 11.9. The van der Waals surface area contributed by atoms with Gasteiger partial charge in [-0.15, -0.1) is 0 Å². The van der Waals surface area contributed by atoms with E-state index in [9.17, 15) is 0 Å². The Kier molecular flexibility index (Phi) is 4.94. The molecule has 1 heterocycles. The summed E-state index contributed by atoms with van der Waals surface area (Å²) < 4.78 is 4.97. The average Bonchev–Trinajstić information content (AvgIpc) is 2.85. The summed E-state index contributed by atoms with van der Waals surface area (Å²) in [5.41, 5.74) is 0. The highest BCUT2D eigenvalue weighted by Crippen LogP contribution is 2.30. The molecule has 1 aliphatic rings. The third kappa shape index (κ3) is 3.78. The smallest absolute Gasteiger partial charge is 0.153 e. The van der Waals surface area contributed by atoms with Crippen LogP contribution in [0.2, 0.25) is 0 Å². The van der Waals surface area contributed by atoms with Crippen molar-refractivity contribution in [2.24, 2.45) is 0 Å². The Morgan fingerprint density at radius 1 is 1.35 bits per heavy atom. The Bertz CT molecular complexity index is 320. The van der Waals surface area contributed by atoms with Gasteiger partial charge in [-0.05, 0) is 12.8 Å². The van der Waals surface area contributed by atoms with Gasteiger partial charge in [0.05, 0.1) is 13.2 Å². The summed E-state index contributed by atoms with van der Waals surface area (Å²) in [5, 5.41) is 10.6. The molecular weight excluding hydrogens is 216 g/mol. The van der Waals surface area contributed by atoms with Crippen molar-refractivity contribution in [2.75, 3.05) is 20.3 Å². The summed E-state index contributed by atoms with van der Waals surface area (Å²) in [6, 6.07) is 0. The van der Waals surface area contributed by atoms with E-state index in [1.165, 1.54) is 32.1 Å². The fourth-order valence-electron chi connectivity index (χ4n) is 2.31. The van der Waals surface area contributed by atoms with Crippen LogP contribution in [-0.4, -0.2) is 35.4 Å². The number of nitrogens with zero attached hydrogens (tertiary/aromatic N) is 2. The number of H-pyrrole nitrogens is 1. The Morgan fingerprint density at radius 3 is 2.94 bits per heavy atom. The molecule has 1 fully saturated rings. The van der Waals surface area contributed by atoms with Crippen molar-refractivity contribution in [3.8, 4) is 0 Å². The number of rotatable bonds is 6. The second-order valence-corrected chi connectivity index (χ2v) is 4.64. The molecule has 5 heteroatoms. The number of aromatic amines is 1. The first-order valence-corrected chi connectivity index (χ1v) is 6.51. The first kappa shape index (κ1) is 12.5. The molecule has 0 amide bonds. The molecule has 2 rings (SSSR count). The van der Waals surface area contributed by atoms with Crippen LogP contribution in [0.25, 0.3) is 0 Å². The highest BCUT2D eigenvalue weighted by atomic mass is 16.5. The van der Waals surface area contributed by atoms with Crippen LogP contribution in [0.5, 0.6) is 0 Å². The van der Waals surface area contributed by atoms with E-state index in [0.717, 1.165) is 31.3 Å². The molecule has 2 N–H and O–H groups in total. The van der Waals surface area contributed by atoms with E-state index in [1.807, 2.05) is 0 Å². The minimum Gasteiger partial charge on any atom is -0.383 e. The minimum absolute atomic E-state index is 0.577. The molecule has 0 bridgehead atoms. The molecule has 0 aromatic carbocycles. The molecule has 0 atom stereocenters. The van der Waals surface area contributed by atoms with Crippen LogP contribution >= 0.6 is 0 Å². The molecule has 5 nitrogen and oxygen atoms in total. The van der Waals surface area contributed by atoms with Gasteiger partial charge in [-0.25, -0.2) is 4.98 Å². The van der Waals surface area contributed by atoms with Crippen LogP contribution in [0.4, 0.5) is 0 Å². The van der Waals surface area contributed by atoms with Crippen molar-refractivity contribution in [3.63, 3.8) is 0 Å². The molecule has 1 aromatic heterocycles. The second kappa shape index (κ2) is 6.71. The standard InChI is InChI=1S/C12H22N4O/c1-17-8-7-13-9-11-14-12(16-15-11)10-5-3-2-4-6-10/h10,13H,2-9H2,1H3,(H,14,15,16). The first-order valence-electron chi connectivity index (χ1n) is 6.51. The Labute approximate surface area is 102 Å². The monoisotopic (exact) mass is 238 g/mol. The van der Waals surface area contributed by atoms with Crippen molar-refractivity contribution >= 4 is 0 Å². The first-order chi connectivity index (χ1) is 8.40. The number of aromatic nitrogens is 3. The molecule has 1 aromatic rings. The average molecular weight is 238 g/mol. The molecule has 0 unspecified atom stereocenters. The molecule has 96 valence electrons. The van der Waals surface area contributed by atoms with E-state index in [1.54, 1.807) is 7.11 Å². The molecule has 0 saturated heterocycles. The Balaban J connectivity index is 1.78. The molecule has 1 aliphatic carbocycles. The van der Waals surface area contributed by atoms with Crippen molar-refractivity contribution in [2.45, 2.75) is 44.6 Å². The van der Waals surface area contributed by atoms with Gasteiger partial charge in [0.2, 0.25) is 0 Å². The van der Waals surface area contributed by atoms with Crippen LogP contribution in [0.15, 0.2) is 0 Å². The lowest BCUT2D eigenvalue weighted by Gasteiger charge is -2.18. The van der Waals surface area contributed by atoms with E-state index < -0.39 is 0 Å². The molecule has 0 radical (unpaired) electrons. The van der Waals surface area contributed by atoms with Gasteiger partial charge >= 0.3 is 0 Å². The summed E-state index contributed by atoms with van der Waals surface area (Å²) >= 11 is 0. The van der Waals surface area contributed by atoms with Gasteiger partial charge < -0.3 is 10.1 Å². The fraction of sp³-hybridized carbons (Fsp3) is 0.833. The summed E-state index contributed by atoms with van der Waals surface area (Å²) in [6.45, 7) is 2.31. The number of methoxy groups -OCH3 is 1. The lowest BCUT2D eigenvalue weighted by molar-refractivity contribution is 0.199. The molecule has 0 aliphatic heterocycles. The maximum Gasteiger partial charge on any atom is 0.153 e. The van der Waals surface area contributed by atoms with E-state index >= 15 is 0 Å². The van der Waals surface area contributed by atoms with Crippen LogP contribution in [-0.2, 0) is 11.3 Å². The highest BCUT2D eigenvalue weighted by Gasteiger charge is 2.19. The van der Waals surface area contributed by atoms with Gasteiger partial charge in [0.25, 0.3) is 0 Å². The van der Waals surface area contributed by atoms with Crippen LogP contribution in [0.3, 0.4) is 0 Å². The van der Waals surface area contributed by atoms with E-state index in [2.05, 4.69) is 20.5 Å². The van der Waals surface area contributed by atoms with Gasteiger partial charge in [0, 0.05) is 19.6 Å². The van der Waals surface area contributed by atoms with Gasteiger partial charge in [-0.1, -0.05) is 19.3 Å². The Hall–Kier alpha value is -0.940. The molecule has 1 saturated carbocycles. The topological polar surface area (TPSA) is 62.8 Å². The van der Waals surface area contributed by atoms with Crippen LogP contribution in [0.1, 0.15) is 49.7 Å². The van der Waals surface area contributed by atoms with Gasteiger partial charge in [-0.2, -0.15) is 5.10 Å². The Morgan fingerprint density at radius 2 is 2.18 bits per heavy atom. The summed E-state index contributed by atoms with van der Waals surface area (Å²) in [7, 11) is 1.71. The van der Waals surface area contributed by atoms with Crippen molar-refractivity contribution < 1.29 is 4.74 Å². The molecule has 0 spiro atoms. The predicted molar refractivity (Wildman–Crippen MR) is 65.8 cm³/mol. The van der Waals surface area contributed by atoms with E-state index in [0.29, 0.717) is 5.92 Å². The lowest BCUT2D eigenvalue weighted by atomic mass is 9.89. The van der Waals surface area contributed by atoms with Gasteiger partial charge in [-0.3, -0.25) is 5.10 Å². The quantitative estimate of drug-likeness (QED) is 0.739. The van der Waals surface area contributed by atoms with Crippen LogP contribution in [0, 0.1) is 0 Å². The summed E-state index contributed by atoms with van der Waals surface area (Å²) in [4.78, 5) is 4.56. The van der Waals surface area contributed by atoms with Gasteiger partial charge in [0.1, 0.15) is 5.82 Å². The normalized spacial score (nSPS) is 17.5. The lowest BCUT2D eigenvalue weighted by Crippen LogP contribution is -2.19. The zero-order valence-corrected chi connectivity index (χ0v) is 10.5. The van der Waals surface area contributed by atoms with Crippen molar-refractivity contribution in [1.82, 2.24) is 20.5 Å². The zero-order valence-electron chi connectivity index (χ0n) is 10.5. The largest absolute Gasteiger partial charge is 0.383 e. The minimum atomic E-state index is 0.577. The second-order valence-electron chi connectivity index (χ2n) is 4.64. The predicted octanol–water partition coefficient (Wildman–Crippen LogP) is 1.59. The molecule has 17 heavy (non-hydrogen) atoms. The number of hydrogen-bond acceptors (Lipinski definition) is 4. The number of nitrogens with one attached hydrogen (secondary N) is 2. The van der Waals surface area contributed by atoms with E-state index in [4.69, 9.17) is 4.74 Å².